The summed E-state index contributed by atoms with van der Waals surface area (Å²) in [5, 5.41) is 7.67. The Morgan fingerprint density at radius 3 is 2.78 bits per heavy atom. The molecule has 0 unspecified atom stereocenters. The highest BCUT2D eigenvalue weighted by Crippen LogP contribution is 2.43. The number of aromatic nitrogens is 4. The zero-order valence-electron chi connectivity index (χ0n) is 20.5. The number of benzene rings is 1. The number of hydrogen-bond acceptors (Lipinski definition) is 8. The predicted octanol–water partition coefficient (Wildman–Crippen LogP) is 3.93. The maximum absolute atomic E-state index is 14.5. The Kier molecular flexibility index (Phi) is 6.58. The molecule has 0 saturated carbocycles. The number of thiophene rings is 1. The smallest absolute Gasteiger partial charge is 0.173 e. The number of ether oxygens (including phenoxy) is 1. The lowest BCUT2D eigenvalue weighted by atomic mass is 10.1. The van der Waals surface area contributed by atoms with Crippen molar-refractivity contribution in [2.24, 2.45) is 0 Å². The van der Waals surface area contributed by atoms with Gasteiger partial charge in [0.05, 0.1) is 16.4 Å². The molecule has 5 heterocycles. The average Bonchev–Trinajstić information content (AvgIpc) is 3.50. The summed E-state index contributed by atoms with van der Waals surface area (Å²) in [4.78, 5) is 15.9. The number of nitrogens with one attached hydrogen (secondary N) is 1. The first kappa shape index (κ1) is 24.0. The Labute approximate surface area is 217 Å². The minimum atomic E-state index is -0.697. The highest BCUT2D eigenvalue weighted by Gasteiger charge is 2.24. The van der Waals surface area contributed by atoms with E-state index < -0.39 is 11.6 Å². The normalized spacial score (nSPS) is 16.1. The molecule has 6 rings (SSSR count). The lowest BCUT2D eigenvalue weighted by molar-refractivity contribution is 0.158. The van der Waals surface area contributed by atoms with Crippen LogP contribution in [0.2, 0.25) is 0 Å². The lowest BCUT2D eigenvalue weighted by Crippen LogP contribution is -2.45. The van der Waals surface area contributed by atoms with E-state index in [1.54, 1.807) is 0 Å². The Balaban J connectivity index is 1.26. The van der Waals surface area contributed by atoms with E-state index >= 15 is 0 Å². The maximum atomic E-state index is 14.5. The van der Waals surface area contributed by atoms with Crippen LogP contribution < -0.4 is 10.1 Å². The molecule has 2 aliphatic rings. The molecule has 0 aliphatic carbocycles. The van der Waals surface area contributed by atoms with E-state index in [1.165, 1.54) is 34.5 Å². The molecule has 8 nitrogen and oxygen atoms in total. The molecule has 0 bridgehead atoms. The van der Waals surface area contributed by atoms with Gasteiger partial charge in [-0.1, -0.05) is 0 Å². The van der Waals surface area contributed by atoms with Crippen LogP contribution in [0.25, 0.3) is 27.0 Å². The monoisotopic (exact) mass is 523 g/mol. The summed E-state index contributed by atoms with van der Waals surface area (Å²) in [5.41, 5.74) is 2.02. The molecule has 4 aromatic rings. The highest BCUT2D eigenvalue weighted by molar-refractivity contribution is 7.19. The topological polar surface area (TPSA) is 71.3 Å². The standard InChI is InChI=1S/C26H27F2N7OS/c1-33-9-11-34(12-10-33)8-7-29-23-5-4-21-24(32-23)25-17(6-13-36-21)14-22(37-25)26-30-16-31-35(26)20-3-2-18(27)15-19(20)28/h2-5,14-16H,6-13H2,1H3,(H,29,32). The molecule has 37 heavy (non-hydrogen) atoms. The molecule has 192 valence electrons. The van der Waals surface area contributed by atoms with E-state index in [9.17, 15) is 8.78 Å². The number of fused-ring (bicyclic) bond motifs is 3. The van der Waals surface area contributed by atoms with Gasteiger partial charge in [-0.05, 0) is 42.9 Å². The number of halogens is 2. The Hall–Kier alpha value is -3.41. The summed E-state index contributed by atoms with van der Waals surface area (Å²) in [6, 6.07) is 9.38. The molecule has 1 saturated heterocycles. The third kappa shape index (κ3) is 4.94. The first-order valence-electron chi connectivity index (χ1n) is 12.3. The fourth-order valence-electron chi connectivity index (χ4n) is 4.67. The molecule has 0 amide bonds. The maximum Gasteiger partial charge on any atom is 0.173 e. The molecule has 1 aromatic carbocycles. The van der Waals surface area contributed by atoms with Gasteiger partial charge in [0.1, 0.15) is 35.1 Å². The summed E-state index contributed by atoms with van der Waals surface area (Å²) in [6.45, 7) is 6.67. The van der Waals surface area contributed by atoms with Crippen LogP contribution in [0.4, 0.5) is 14.6 Å². The van der Waals surface area contributed by atoms with Crippen molar-refractivity contribution in [3.05, 3.63) is 59.9 Å². The van der Waals surface area contributed by atoms with Crippen molar-refractivity contribution in [1.82, 2.24) is 29.5 Å². The summed E-state index contributed by atoms with van der Waals surface area (Å²) in [5.74, 6) is 0.699. The number of piperazine rings is 1. The highest BCUT2D eigenvalue weighted by atomic mass is 32.1. The molecule has 3 aromatic heterocycles. The first-order valence-corrected chi connectivity index (χ1v) is 13.1. The number of anilines is 1. The number of rotatable bonds is 6. The van der Waals surface area contributed by atoms with Crippen molar-refractivity contribution >= 4 is 17.2 Å². The summed E-state index contributed by atoms with van der Waals surface area (Å²) < 4.78 is 35.4. The van der Waals surface area contributed by atoms with Gasteiger partial charge >= 0.3 is 0 Å². The molecule has 11 heteroatoms. The van der Waals surface area contributed by atoms with Crippen molar-refractivity contribution in [1.29, 1.82) is 0 Å². The van der Waals surface area contributed by atoms with Gasteiger partial charge in [-0.15, -0.1) is 11.3 Å². The second-order valence-electron chi connectivity index (χ2n) is 9.27. The van der Waals surface area contributed by atoms with E-state index in [4.69, 9.17) is 9.72 Å². The van der Waals surface area contributed by atoms with Crippen molar-refractivity contribution in [3.8, 4) is 32.7 Å². The van der Waals surface area contributed by atoms with E-state index in [2.05, 4.69) is 32.2 Å². The van der Waals surface area contributed by atoms with Gasteiger partial charge in [0, 0.05) is 51.8 Å². The average molecular weight is 524 g/mol. The zero-order chi connectivity index (χ0) is 25.4. The minimum Gasteiger partial charge on any atom is -0.491 e. The summed E-state index contributed by atoms with van der Waals surface area (Å²) >= 11 is 1.52. The second kappa shape index (κ2) is 10.2. The Morgan fingerprint density at radius 1 is 1.08 bits per heavy atom. The zero-order valence-corrected chi connectivity index (χ0v) is 21.3. The largest absolute Gasteiger partial charge is 0.491 e. The molecule has 1 N–H and O–H groups in total. The van der Waals surface area contributed by atoms with Gasteiger partial charge in [0.2, 0.25) is 0 Å². The predicted molar refractivity (Wildman–Crippen MR) is 139 cm³/mol. The van der Waals surface area contributed by atoms with Gasteiger partial charge in [0.15, 0.2) is 11.6 Å². The fourth-order valence-corrected chi connectivity index (χ4v) is 5.86. The van der Waals surface area contributed by atoms with Gasteiger partial charge in [-0.3, -0.25) is 4.90 Å². The Morgan fingerprint density at radius 2 is 1.95 bits per heavy atom. The van der Waals surface area contributed by atoms with Crippen LogP contribution in [0, 0.1) is 11.6 Å². The minimum absolute atomic E-state index is 0.145. The van der Waals surface area contributed by atoms with Crippen LogP contribution in [0.3, 0.4) is 0 Å². The molecule has 1 fully saturated rings. The molecule has 0 atom stereocenters. The number of nitrogens with zero attached hydrogens (tertiary/aromatic N) is 6. The fraction of sp³-hybridized carbons (Fsp3) is 0.346. The van der Waals surface area contributed by atoms with Crippen LogP contribution in [0.15, 0.2) is 42.7 Å². The van der Waals surface area contributed by atoms with Crippen LogP contribution in [-0.2, 0) is 6.42 Å². The Bertz CT molecular complexity index is 1410. The molecule has 2 aliphatic heterocycles. The van der Waals surface area contributed by atoms with Crippen molar-refractivity contribution in [2.45, 2.75) is 6.42 Å². The van der Waals surface area contributed by atoms with Crippen molar-refractivity contribution < 1.29 is 13.5 Å². The van der Waals surface area contributed by atoms with Gasteiger partial charge in [0.25, 0.3) is 0 Å². The van der Waals surface area contributed by atoms with E-state index in [-0.39, 0.29) is 5.69 Å². The quantitative estimate of drug-likeness (QED) is 0.411. The van der Waals surface area contributed by atoms with Crippen LogP contribution in [0.5, 0.6) is 5.75 Å². The lowest BCUT2D eigenvalue weighted by Gasteiger charge is -2.32. The van der Waals surface area contributed by atoms with Crippen LogP contribution in [-0.4, -0.2) is 82.5 Å². The number of hydrogen-bond donors (Lipinski definition) is 1. The number of pyridine rings is 1. The van der Waals surface area contributed by atoms with Gasteiger partial charge < -0.3 is 15.0 Å². The molecule has 0 spiro atoms. The summed E-state index contributed by atoms with van der Waals surface area (Å²) in [7, 11) is 2.16. The third-order valence-corrected chi connectivity index (χ3v) is 7.93. The third-order valence-electron chi connectivity index (χ3n) is 6.75. The van der Waals surface area contributed by atoms with E-state index in [1.807, 2.05) is 18.2 Å². The molecular formula is C26H27F2N7OS. The van der Waals surface area contributed by atoms with Crippen molar-refractivity contribution in [2.75, 3.05) is 58.2 Å². The second-order valence-corrected chi connectivity index (χ2v) is 10.3. The van der Waals surface area contributed by atoms with Crippen LogP contribution in [0.1, 0.15) is 5.56 Å². The van der Waals surface area contributed by atoms with E-state index in [0.29, 0.717) is 18.9 Å². The first-order chi connectivity index (χ1) is 18.0. The van der Waals surface area contributed by atoms with Gasteiger partial charge in [-0.25, -0.2) is 23.4 Å². The molecule has 0 radical (unpaired) electrons. The molecular weight excluding hydrogens is 496 g/mol. The SMILES string of the molecule is CN1CCN(CCNc2ccc3c(n2)-c2sc(-c4ncnn4-c4ccc(F)cc4F)cc2CCO3)CC1. The van der Waals surface area contributed by atoms with Crippen molar-refractivity contribution in [3.63, 3.8) is 0 Å². The summed E-state index contributed by atoms with van der Waals surface area (Å²) in [6.07, 6.45) is 2.09. The van der Waals surface area contributed by atoms with Gasteiger partial charge in [-0.2, -0.15) is 5.10 Å². The number of likely N-dealkylation sites (N-methyl/N-ethyl adjacent to an activating group) is 1. The van der Waals surface area contributed by atoms with Crippen LogP contribution >= 0.6 is 11.3 Å². The van der Waals surface area contributed by atoms with E-state index in [0.717, 1.165) is 77.9 Å².